The van der Waals surface area contributed by atoms with Gasteiger partial charge in [0.05, 0.1) is 16.2 Å². The average Bonchev–Trinajstić information content (AvgIpc) is 3.20. The predicted molar refractivity (Wildman–Crippen MR) is 113 cm³/mol. The molecule has 6 nitrogen and oxygen atoms in total. The summed E-state index contributed by atoms with van der Waals surface area (Å²) in [5, 5.41) is 4.02. The van der Waals surface area contributed by atoms with E-state index in [1.54, 1.807) is 10.6 Å². The molecule has 0 unspecified atom stereocenters. The molecule has 2 aromatic rings. The number of nitrogens with zero attached hydrogens (tertiary/aromatic N) is 2. The minimum atomic E-state index is -0.313. The van der Waals surface area contributed by atoms with Gasteiger partial charge in [-0.15, -0.1) is 0 Å². The summed E-state index contributed by atoms with van der Waals surface area (Å²) in [7, 11) is 0. The Morgan fingerprint density at radius 3 is 2.86 bits per heavy atom. The van der Waals surface area contributed by atoms with E-state index in [4.69, 9.17) is 9.72 Å². The number of aromatic nitrogens is 2. The maximum absolute atomic E-state index is 13.0. The second-order valence-electron chi connectivity index (χ2n) is 7.17. The molecule has 1 aromatic carbocycles. The predicted octanol–water partition coefficient (Wildman–Crippen LogP) is 3.36. The summed E-state index contributed by atoms with van der Waals surface area (Å²) in [5.41, 5.74) is 0.604. The SMILES string of the molecule is CCOCCCn1c(S[C@H](C)C(=O)NC2CCCC2)nc2ccccc2c1=O. The average molecular weight is 404 g/mol. The number of thioether (sulfide) groups is 1. The normalized spacial score (nSPS) is 15.8. The van der Waals surface area contributed by atoms with E-state index in [-0.39, 0.29) is 22.8 Å². The van der Waals surface area contributed by atoms with E-state index >= 15 is 0 Å². The van der Waals surface area contributed by atoms with Gasteiger partial charge in [0.2, 0.25) is 5.91 Å². The first-order chi connectivity index (χ1) is 13.6. The molecule has 1 saturated carbocycles. The molecule has 1 aromatic heterocycles. The first-order valence-electron chi connectivity index (χ1n) is 10.1. The lowest BCUT2D eigenvalue weighted by Crippen LogP contribution is -2.38. The highest BCUT2D eigenvalue weighted by Gasteiger charge is 2.23. The van der Waals surface area contributed by atoms with Gasteiger partial charge in [-0.2, -0.15) is 0 Å². The first-order valence-corrected chi connectivity index (χ1v) is 11.0. The van der Waals surface area contributed by atoms with Crippen LogP contribution in [0.15, 0.2) is 34.2 Å². The van der Waals surface area contributed by atoms with Gasteiger partial charge >= 0.3 is 0 Å². The van der Waals surface area contributed by atoms with Crippen LogP contribution in [0.3, 0.4) is 0 Å². The molecule has 1 atom stereocenters. The molecule has 7 heteroatoms. The van der Waals surface area contributed by atoms with E-state index in [0.29, 0.717) is 35.8 Å². The molecule has 0 radical (unpaired) electrons. The van der Waals surface area contributed by atoms with Crippen LogP contribution < -0.4 is 10.9 Å². The minimum absolute atomic E-state index is 0.0140. The van der Waals surface area contributed by atoms with Crippen molar-refractivity contribution in [2.45, 2.75) is 68.9 Å². The van der Waals surface area contributed by atoms with Crippen molar-refractivity contribution in [1.82, 2.24) is 14.9 Å². The fraction of sp³-hybridized carbons (Fsp3) is 0.571. The second-order valence-corrected chi connectivity index (χ2v) is 8.48. The summed E-state index contributed by atoms with van der Waals surface area (Å²) in [4.78, 5) is 30.3. The quantitative estimate of drug-likeness (QED) is 0.395. The van der Waals surface area contributed by atoms with Crippen LogP contribution in [-0.2, 0) is 16.1 Å². The van der Waals surface area contributed by atoms with Gasteiger partial charge < -0.3 is 10.1 Å². The van der Waals surface area contributed by atoms with Crippen LogP contribution in [-0.4, -0.2) is 40.0 Å². The van der Waals surface area contributed by atoms with Crippen molar-refractivity contribution in [2.75, 3.05) is 13.2 Å². The van der Waals surface area contributed by atoms with E-state index in [9.17, 15) is 9.59 Å². The monoisotopic (exact) mass is 403 g/mol. The van der Waals surface area contributed by atoms with Gasteiger partial charge in [-0.05, 0) is 45.2 Å². The zero-order valence-corrected chi connectivity index (χ0v) is 17.5. The summed E-state index contributed by atoms with van der Waals surface area (Å²) in [5.74, 6) is 0.0140. The van der Waals surface area contributed by atoms with Crippen molar-refractivity contribution in [3.8, 4) is 0 Å². The molecular formula is C21H29N3O3S. The number of para-hydroxylation sites is 1. The molecule has 1 aliphatic carbocycles. The lowest BCUT2D eigenvalue weighted by Gasteiger charge is -2.18. The van der Waals surface area contributed by atoms with Crippen molar-refractivity contribution in [2.24, 2.45) is 0 Å². The molecule has 1 amide bonds. The second kappa shape index (κ2) is 10.1. The zero-order valence-electron chi connectivity index (χ0n) is 16.6. The Labute approximate surface area is 170 Å². The lowest BCUT2D eigenvalue weighted by molar-refractivity contribution is -0.120. The molecule has 1 aliphatic rings. The number of ether oxygens (including phenoxy) is 1. The summed E-state index contributed by atoms with van der Waals surface area (Å²) >= 11 is 1.35. The molecule has 1 N–H and O–H groups in total. The van der Waals surface area contributed by atoms with Crippen molar-refractivity contribution in [3.63, 3.8) is 0 Å². The van der Waals surface area contributed by atoms with Gasteiger partial charge in [0, 0.05) is 25.8 Å². The molecule has 3 rings (SSSR count). The topological polar surface area (TPSA) is 73.2 Å². The van der Waals surface area contributed by atoms with Crippen LogP contribution in [0.2, 0.25) is 0 Å². The molecule has 28 heavy (non-hydrogen) atoms. The highest BCUT2D eigenvalue weighted by atomic mass is 32.2. The van der Waals surface area contributed by atoms with Crippen LogP contribution in [0.25, 0.3) is 10.9 Å². The van der Waals surface area contributed by atoms with Crippen LogP contribution in [0, 0.1) is 0 Å². The van der Waals surface area contributed by atoms with Crippen molar-refractivity contribution in [1.29, 1.82) is 0 Å². The number of hydrogen-bond donors (Lipinski definition) is 1. The maximum atomic E-state index is 13.0. The van der Waals surface area contributed by atoms with E-state index in [2.05, 4.69) is 5.32 Å². The minimum Gasteiger partial charge on any atom is -0.382 e. The summed E-state index contributed by atoms with van der Waals surface area (Å²) in [6.45, 7) is 5.61. The Kier molecular flexibility index (Phi) is 7.50. The lowest BCUT2D eigenvalue weighted by atomic mass is 10.2. The zero-order chi connectivity index (χ0) is 19.9. The van der Waals surface area contributed by atoms with E-state index < -0.39 is 0 Å². The van der Waals surface area contributed by atoms with Crippen LogP contribution >= 0.6 is 11.8 Å². The number of carbonyl (C=O) groups excluding carboxylic acids is 1. The molecule has 1 heterocycles. The molecule has 1 fully saturated rings. The maximum Gasteiger partial charge on any atom is 0.262 e. The van der Waals surface area contributed by atoms with Gasteiger partial charge in [-0.3, -0.25) is 14.2 Å². The highest BCUT2D eigenvalue weighted by molar-refractivity contribution is 8.00. The number of nitrogens with one attached hydrogen (secondary N) is 1. The number of hydrogen-bond acceptors (Lipinski definition) is 5. The Hall–Kier alpha value is -1.86. The number of fused-ring (bicyclic) bond motifs is 1. The largest absolute Gasteiger partial charge is 0.382 e. The molecule has 0 spiro atoms. The molecule has 0 aliphatic heterocycles. The van der Waals surface area contributed by atoms with E-state index in [1.807, 2.05) is 32.0 Å². The third-order valence-electron chi connectivity index (χ3n) is 5.05. The summed E-state index contributed by atoms with van der Waals surface area (Å²) in [6.07, 6.45) is 5.19. The van der Waals surface area contributed by atoms with Gasteiger partial charge in [0.15, 0.2) is 5.16 Å². The van der Waals surface area contributed by atoms with Crippen LogP contribution in [0.5, 0.6) is 0 Å². The smallest absolute Gasteiger partial charge is 0.262 e. The standard InChI is InChI=1S/C21H29N3O3S/c1-3-27-14-8-13-24-20(26)17-11-6-7-12-18(17)23-21(24)28-15(2)19(25)22-16-9-4-5-10-16/h6-7,11-12,15-16H,3-5,8-10,13-14H2,1-2H3,(H,22,25)/t15-/m1/s1. The van der Waals surface area contributed by atoms with E-state index in [0.717, 1.165) is 19.3 Å². The van der Waals surface area contributed by atoms with Crippen molar-refractivity contribution in [3.05, 3.63) is 34.6 Å². The first kappa shape index (κ1) is 20.9. The van der Waals surface area contributed by atoms with Crippen LogP contribution in [0.1, 0.15) is 46.0 Å². The number of benzene rings is 1. The van der Waals surface area contributed by atoms with Crippen molar-refractivity contribution >= 4 is 28.6 Å². The number of rotatable bonds is 9. The highest BCUT2D eigenvalue weighted by Crippen LogP contribution is 2.24. The van der Waals surface area contributed by atoms with Gasteiger partial charge in [-0.25, -0.2) is 4.98 Å². The Bertz CT molecular complexity index is 862. The van der Waals surface area contributed by atoms with E-state index in [1.165, 1.54) is 24.6 Å². The van der Waals surface area contributed by atoms with Crippen LogP contribution in [0.4, 0.5) is 0 Å². The van der Waals surface area contributed by atoms with Crippen molar-refractivity contribution < 1.29 is 9.53 Å². The summed E-state index contributed by atoms with van der Waals surface area (Å²) < 4.78 is 7.10. The van der Waals surface area contributed by atoms with Gasteiger partial charge in [0.1, 0.15) is 0 Å². The Morgan fingerprint density at radius 2 is 2.11 bits per heavy atom. The third-order valence-corrected chi connectivity index (χ3v) is 6.14. The van der Waals surface area contributed by atoms with Gasteiger partial charge in [-0.1, -0.05) is 36.7 Å². The molecule has 0 bridgehead atoms. The molecule has 0 saturated heterocycles. The number of carbonyl (C=O) groups is 1. The molecule has 152 valence electrons. The Morgan fingerprint density at radius 1 is 1.36 bits per heavy atom. The number of amides is 1. The Balaban J connectivity index is 1.80. The summed E-state index contributed by atoms with van der Waals surface area (Å²) in [6, 6.07) is 7.65. The fourth-order valence-corrected chi connectivity index (χ4v) is 4.45. The third kappa shape index (κ3) is 5.14. The van der Waals surface area contributed by atoms with Gasteiger partial charge in [0.25, 0.3) is 5.56 Å². The fourth-order valence-electron chi connectivity index (χ4n) is 3.50. The molecular weight excluding hydrogens is 374 g/mol.